The number of carboxylic acid groups (broad SMARTS) is 1. The summed E-state index contributed by atoms with van der Waals surface area (Å²) in [5.74, 6) is 0.183. The molecule has 0 aromatic heterocycles. The number of hydrogen-bond acceptors (Lipinski definition) is 3. The van der Waals surface area contributed by atoms with E-state index in [9.17, 15) is 4.79 Å². The molecule has 1 aliphatic rings. The van der Waals surface area contributed by atoms with E-state index < -0.39 is 5.97 Å². The van der Waals surface area contributed by atoms with E-state index in [0.717, 1.165) is 37.2 Å². The van der Waals surface area contributed by atoms with E-state index in [1.54, 1.807) is 0 Å². The van der Waals surface area contributed by atoms with Gasteiger partial charge in [0.1, 0.15) is 5.75 Å². The Morgan fingerprint density at radius 1 is 1.20 bits per heavy atom. The standard InChI is InChI=1S/C21H25NO3/c1-16-7-9-17(10-8-16)12-15-25-20-6-2-5-19-18(20)4-3-13-22(19)14-11-21(23)24/h2,5-10H,3-4,11-15H2,1H3,(H,23,24). The van der Waals surface area contributed by atoms with Crippen LogP contribution >= 0.6 is 0 Å². The molecular formula is C21H25NO3. The van der Waals surface area contributed by atoms with Gasteiger partial charge in [0.2, 0.25) is 0 Å². The molecule has 4 nitrogen and oxygen atoms in total. The summed E-state index contributed by atoms with van der Waals surface area (Å²) in [6.07, 6.45) is 3.06. The van der Waals surface area contributed by atoms with Crippen molar-refractivity contribution in [3.63, 3.8) is 0 Å². The molecule has 0 saturated heterocycles. The monoisotopic (exact) mass is 339 g/mol. The minimum absolute atomic E-state index is 0.165. The Bertz CT molecular complexity index is 724. The number of benzene rings is 2. The number of hydrogen-bond donors (Lipinski definition) is 1. The molecule has 0 spiro atoms. The Kier molecular flexibility index (Phi) is 5.59. The normalized spacial score (nSPS) is 13.4. The first-order valence-electron chi connectivity index (χ1n) is 8.90. The lowest BCUT2D eigenvalue weighted by Crippen LogP contribution is -2.31. The van der Waals surface area contributed by atoms with Gasteiger partial charge in [-0.2, -0.15) is 0 Å². The highest BCUT2D eigenvalue weighted by atomic mass is 16.5. The summed E-state index contributed by atoms with van der Waals surface area (Å²) < 4.78 is 6.07. The number of aliphatic carboxylic acids is 1. The number of anilines is 1. The number of fused-ring (bicyclic) bond motifs is 1. The lowest BCUT2D eigenvalue weighted by molar-refractivity contribution is -0.136. The van der Waals surface area contributed by atoms with Crippen molar-refractivity contribution in [2.45, 2.75) is 32.6 Å². The first-order valence-corrected chi connectivity index (χ1v) is 8.90. The fraction of sp³-hybridized carbons (Fsp3) is 0.381. The molecule has 2 aromatic carbocycles. The fourth-order valence-electron chi connectivity index (χ4n) is 3.30. The summed E-state index contributed by atoms with van der Waals surface area (Å²) in [5.41, 5.74) is 4.88. The lowest BCUT2D eigenvalue weighted by Gasteiger charge is -2.32. The van der Waals surface area contributed by atoms with Gasteiger partial charge in [-0.3, -0.25) is 4.79 Å². The third kappa shape index (κ3) is 4.53. The van der Waals surface area contributed by atoms with Crippen LogP contribution in [0.3, 0.4) is 0 Å². The Labute approximate surface area is 149 Å². The Morgan fingerprint density at radius 3 is 2.76 bits per heavy atom. The summed E-state index contributed by atoms with van der Waals surface area (Å²) in [4.78, 5) is 13.0. The van der Waals surface area contributed by atoms with Gasteiger partial charge in [0, 0.05) is 30.8 Å². The summed E-state index contributed by atoms with van der Waals surface area (Å²) in [6, 6.07) is 14.6. The summed E-state index contributed by atoms with van der Waals surface area (Å²) >= 11 is 0. The Morgan fingerprint density at radius 2 is 2.00 bits per heavy atom. The maximum Gasteiger partial charge on any atom is 0.305 e. The quantitative estimate of drug-likeness (QED) is 0.832. The number of ether oxygens (including phenoxy) is 1. The fourth-order valence-corrected chi connectivity index (χ4v) is 3.30. The molecule has 0 bridgehead atoms. The zero-order chi connectivity index (χ0) is 17.6. The zero-order valence-corrected chi connectivity index (χ0v) is 14.7. The SMILES string of the molecule is Cc1ccc(CCOc2cccc3c2CCCN3CCC(=O)O)cc1. The average Bonchev–Trinajstić information content (AvgIpc) is 2.61. The molecule has 132 valence electrons. The van der Waals surface area contributed by atoms with Crippen LogP contribution in [-0.4, -0.2) is 30.8 Å². The van der Waals surface area contributed by atoms with Crippen LogP contribution < -0.4 is 9.64 Å². The van der Waals surface area contributed by atoms with Gasteiger partial charge < -0.3 is 14.7 Å². The first kappa shape index (κ1) is 17.3. The van der Waals surface area contributed by atoms with Gasteiger partial charge in [0.15, 0.2) is 0 Å². The second kappa shape index (κ2) is 8.06. The molecular weight excluding hydrogens is 314 g/mol. The average molecular weight is 339 g/mol. The molecule has 0 saturated carbocycles. The minimum Gasteiger partial charge on any atom is -0.493 e. The van der Waals surface area contributed by atoms with Crippen molar-refractivity contribution < 1.29 is 14.6 Å². The third-order valence-electron chi connectivity index (χ3n) is 4.67. The maximum absolute atomic E-state index is 10.9. The van der Waals surface area contributed by atoms with Crippen LogP contribution in [0.1, 0.15) is 29.5 Å². The molecule has 0 aliphatic carbocycles. The van der Waals surface area contributed by atoms with E-state index in [1.807, 2.05) is 12.1 Å². The second-order valence-corrected chi connectivity index (χ2v) is 6.57. The molecule has 0 fully saturated rings. The van der Waals surface area contributed by atoms with Gasteiger partial charge in [-0.15, -0.1) is 0 Å². The van der Waals surface area contributed by atoms with E-state index >= 15 is 0 Å². The molecule has 0 atom stereocenters. The molecule has 1 heterocycles. The molecule has 0 amide bonds. The van der Waals surface area contributed by atoms with E-state index in [4.69, 9.17) is 9.84 Å². The predicted molar refractivity (Wildman–Crippen MR) is 99.6 cm³/mol. The number of aryl methyl sites for hydroxylation is 1. The van der Waals surface area contributed by atoms with Crippen molar-refractivity contribution in [3.05, 3.63) is 59.2 Å². The maximum atomic E-state index is 10.9. The molecule has 0 radical (unpaired) electrons. The van der Waals surface area contributed by atoms with E-state index in [1.165, 1.54) is 16.7 Å². The summed E-state index contributed by atoms with van der Waals surface area (Å²) in [6.45, 7) is 4.20. The van der Waals surface area contributed by atoms with Crippen molar-refractivity contribution >= 4 is 11.7 Å². The van der Waals surface area contributed by atoms with Gasteiger partial charge in [-0.1, -0.05) is 35.9 Å². The molecule has 25 heavy (non-hydrogen) atoms. The second-order valence-electron chi connectivity index (χ2n) is 6.57. The van der Waals surface area contributed by atoms with Crippen LogP contribution in [0, 0.1) is 6.92 Å². The van der Waals surface area contributed by atoms with E-state index in [0.29, 0.717) is 13.2 Å². The van der Waals surface area contributed by atoms with Crippen LogP contribution in [0.15, 0.2) is 42.5 Å². The molecule has 0 unspecified atom stereocenters. The van der Waals surface area contributed by atoms with Crippen LogP contribution in [-0.2, 0) is 17.6 Å². The van der Waals surface area contributed by atoms with Crippen LogP contribution in [0.2, 0.25) is 0 Å². The molecule has 3 rings (SSSR count). The number of nitrogens with zero attached hydrogens (tertiary/aromatic N) is 1. The highest BCUT2D eigenvalue weighted by Crippen LogP contribution is 2.34. The molecule has 4 heteroatoms. The van der Waals surface area contributed by atoms with Crippen molar-refractivity contribution in [1.82, 2.24) is 0 Å². The minimum atomic E-state index is -0.752. The van der Waals surface area contributed by atoms with Crippen molar-refractivity contribution in [1.29, 1.82) is 0 Å². The zero-order valence-electron chi connectivity index (χ0n) is 14.7. The summed E-state index contributed by atoms with van der Waals surface area (Å²) in [5, 5.41) is 8.94. The highest BCUT2D eigenvalue weighted by molar-refractivity contribution is 5.68. The van der Waals surface area contributed by atoms with Gasteiger partial charge in [-0.25, -0.2) is 0 Å². The number of carbonyl (C=O) groups is 1. The lowest BCUT2D eigenvalue weighted by atomic mass is 10.0. The van der Waals surface area contributed by atoms with Gasteiger partial charge in [-0.05, 0) is 37.5 Å². The van der Waals surface area contributed by atoms with Crippen LogP contribution in [0.25, 0.3) is 0 Å². The van der Waals surface area contributed by atoms with Crippen molar-refractivity contribution in [2.24, 2.45) is 0 Å². The van der Waals surface area contributed by atoms with Crippen LogP contribution in [0.4, 0.5) is 5.69 Å². The smallest absolute Gasteiger partial charge is 0.305 e. The molecule has 2 aromatic rings. The third-order valence-corrected chi connectivity index (χ3v) is 4.67. The Balaban J connectivity index is 1.65. The van der Waals surface area contributed by atoms with Crippen molar-refractivity contribution in [2.75, 3.05) is 24.6 Å². The van der Waals surface area contributed by atoms with E-state index in [-0.39, 0.29) is 6.42 Å². The number of carboxylic acids is 1. The topological polar surface area (TPSA) is 49.8 Å². The summed E-state index contributed by atoms with van der Waals surface area (Å²) in [7, 11) is 0. The Hall–Kier alpha value is -2.49. The largest absolute Gasteiger partial charge is 0.493 e. The van der Waals surface area contributed by atoms with Gasteiger partial charge in [0.25, 0.3) is 0 Å². The van der Waals surface area contributed by atoms with Crippen LogP contribution in [0.5, 0.6) is 5.75 Å². The number of rotatable bonds is 7. The van der Waals surface area contributed by atoms with Gasteiger partial charge in [0.05, 0.1) is 13.0 Å². The first-order chi connectivity index (χ1) is 12.1. The van der Waals surface area contributed by atoms with E-state index in [2.05, 4.69) is 42.2 Å². The van der Waals surface area contributed by atoms with Crippen molar-refractivity contribution in [3.8, 4) is 5.75 Å². The van der Waals surface area contributed by atoms with Gasteiger partial charge >= 0.3 is 5.97 Å². The highest BCUT2D eigenvalue weighted by Gasteiger charge is 2.20. The molecule has 1 aliphatic heterocycles. The predicted octanol–water partition coefficient (Wildman–Crippen LogP) is 3.84. The molecule has 1 N–H and O–H groups in total.